The van der Waals surface area contributed by atoms with Gasteiger partial charge in [-0.3, -0.25) is 4.68 Å². The van der Waals surface area contributed by atoms with Crippen LogP contribution in [0.15, 0.2) is 42.7 Å². The Bertz CT molecular complexity index is 364. The Morgan fingerprint density at radius 2 is 1.92 bits per heavy atom. The number of hydrogen-bond acceptors (Lipinski definition) is 2. The van der Waals surface area contributed by atoms with Crippen LogP contribution in [0.3, 0.4) is 0 Å². The van der Waals surface area contributed by atoms with Gasteiger partial charge in [0.15, 0.2) is 5.82 Å². The minimum absolute atomic E-state index is 0.788. The Balaban J connectivity index is 2.51. The molecule has 0 aliphatic heterocycles. The van der Waals surface area contributed by atoms with E-state index in [4.69, 9.17) is 5.84 Å². The standard InChI is InChI=1S/C9H9N3/c10-12-7-6-11-9(12)8-4-2-1-3-5-8/h1-7H,10H2. The van der Waals surface area contributed by atoms with Crippen LogP contribution in [0.25, 0.3) is 11.4 Å². The van der Waals surface area contributed by atoms with Gasteiger partial charge in [-0.15, -0.1) is 0 Å². The average molecular weight is 159 g/mol. The predicted octanol–water partition coefficient (Wildman–Crippen LogP) is 1.26. The average Bonchev–Trinajstić information content (AvgIpc) is 2.53. The van der Waals surface area contributed by atoms with Gasteiger partial charge in [0.1, 0.15) is 0 Å². The second-order valence-corrected chi connectivity index (χ2v) is 2.52. The Hall–Kier alpha value is -1.77. The van der Waals surface area contributed by atoms with Gasteiger partial charge in [-0.25, -0.2) is 4.98 Å². The Kier molecular flexibility index (Phi) is 1.55. The monoisotopic (exact) mass is 159 g/mol. The van der Waals surface area contributed by atoms with Crippen molar-refractivity contribution in [3.8, 4) is 11.4 Å². The van der Waals surface area contributed by atoms with Crippen LogP contribution >= 0.6 is 0 Å². The zero-order chi connectivity index (χ0) is 8.39. The molecule has 0 radical (unpaired) electrons. The van der Waals surface area contributed by atoms with E-state index in [9.17, 15) is 0 Å². The first-order chi connectivity index (χ1) is 5.88. The summed E-state index contributed by atoms with van der Waals surface area (Å²) in [5.74, 6) is 6.41. The number of benzene rings is 1. The lowest BCUT2D eigenvalue weighted by molar-refractivity contribution is 1.01. The SMILES string of the molecule is Nn1ccnc1-c1ccccc1. The van der Waals surface area contributed by atoms with E-state index in [1.807, 2.05) is 30.3 Å². The van der Waals surface area contributed by atoms with Gasteiger partial charge in [-0.05, 0) is 0 Å². The summed E-state index contributed by atoms with van der Waals surface area (Å²) in [4.78, 5) is 4.12. The molecule has 12 heavy (non-hydrogen) atoms. The van der Waals surface area contributed by atoms with Crippen molar-refractivity contribution in [2.45, 2.75) is 0 Å². The third-order valence-corrected chi connectivity index (χ3v) is 1.70. The Morgan fingerprint density at radius 3 is 2.50 bits per heavy atom. The lowest BCUT2D eigenvalue weighted by Gasteiger charge is -1.99. The van der Waals surface area contributed by atoms with Crippen LogP contribution in [0.1, 0.15) is 0 Å². The highest BCUT2D eigenvalue weighted by Crippen LogP contribution is 2.13. The maximum atomic E-state index is 5.63. The molecule has 0 spiro atoms. The molecule has 0 fully saturated rings. The smallest absolute Gasteiger partial charge is 0.158 e. The second kappa shape index (κ2) is 2.70. The molecule has 0 amide bonds. The van der Waals surface area contributed by atoms with Crippen molar-refractivity contribution >= 4 is 0 Å². The van der Waals surface area contributed by atoms with Gasteiger partial charge >= 0.3 is 0 Å². The summed E-state index contributed by atoms with van der Waals surface area (Å²) in [6.07, 6.45) is 3.41. The minimum Gasteiger partial charge on any atom is -0.338 e. The van der Waals surface area contributed by atoms with Gasteiger partial charge in [0.25, 0.3) is 0 Å². The largest absolute Gasteiger partial charge is 0.338 e. The number of hydrogen-bond donors (Lipinski definition) is 1. The van der Waals surface area contributed by atoms with Crippen LogP contribution in [-0.2, 0) is 0 Å². The summed E-state index contributed by atoms with van der Waals surface area (Å²) in [5.41, 5.74) is 1.03. The quantitative estimate of drug-likeness (QED) is 0.636. The van der Waals surface area contributed by atoms with Gasteiger partial charge < -0.3 is 5.84 Å². The summed E-state index contributed by atoms with van der Waals surface area (Å²) < 4.78 is 1.51. The summed E-state index contributed by atoms with van der Waals surface area (Å²) >= 11 is 0. The molecule has 3 heteroatoms. The number of nitrogen functional groups attached to an aromatic ring is 1. The molecule has 2 rings (SSSR count). The van der Waals surface area contributed by atoms with Gasteiger partial charge in [0, 0.05) is 18.0 Å². The second-order valence-electron chi connectivity index (χ2n) is 2.52. The molecule has 1 heterocycles. The fraction of sp³-hybridized carbons (Fsp3) is 0. The van der Waals surface area contributed by atoms with Gasteiger partial charge in [-0.1, -0.05) is 30.3 Å². The van der Waals surface area contributed by atoms with Crippen molar-refractivity contribution in [3.63, 3.8) is 0 Å². The molecule has 0 saturated heterocycles. The van der Waals surface area contributed by atoms with E-state index in [0.29, 0.717) is 0 Å². The maximum absolute atomic E-state index is 5.63. The van der Waals surface area contributed by atoms with Crippen LogP contribution in [-0.4, -0.2) is 9.66 Å². The Morgan fingerprint density at radius 1 is 1.17 bits per heavy atom. The molecule has 0 bridgehead atoms. The first-order valence-electron chi connectivity index (χ1n) is 3.72. The predicted molar refractivity (Wildman–Crippen MR) is 47.8 cm³/mol. The van der Waals surface area contributed by atoms with Crippen molar-refractivity contribution in [1.82, 2.24) is 9.66 Å². The lowest BCUT2D eigenvalue weighted by atomic mass is 10.2. The zero-order valence-corrected chi connectivity index (χ0v) is 6.51. The van der Waals surface area contributed by atoms with Crippen molar-refractivity contribution in [3.05, 3.63) is 42.7 Å². The molecule has 0 saturated carbocycles. The summed E-state index contributed by atoms with van der Waals surface area (Å²) in [5, 5.41) is 0. The zero-order valence-electron chi connectivity index (χ0n) is 6.51. The van der Waals surface area contributed by atoms with E-state index in [0.717, 1.165) is 11.4 Å². The highest BCUT2D eigenvalue weighted by Gasteiger charge is 2.00. The Labute approximate surface area is 70.4 Å². The molecule has 0 aliphatic rings. The van der Waals surface area contributed by atoms with Crippen molar-refractivity contribution in [2.24, 2.45) is 0 Å². The molecule has 0 aliphatic carbocycles. The molecular weight excluding hydrogens is 150 g/mol. The van der Waals surface area contributed by atoms with E-state index in [2.05, 4.69) is 4.98 Å². The van der Waals surface area contributed by atoms with E-state index in [1.165, 1.54) is 4.68 Å². The van der Waals surface area contributed by atoms with Crippen LogP contribution in [0.5, 0.6) is 0 Å². The highest BCUT2D eigenvalue weighted by atomic mass is 15.3. The number of nitrogens with two attached hydrogens (primary N) is 1. The molecule has 2 N–H and O–H groups in total. The van der Waals surface area contributed by atoms with E-state index >= 15 is 0 Å². The third-order valence-electron chi connectivity index (χ3n) is 1.70. The molecule has 0 unspecified atom stereocenters. The van der Waals surface area contributed by atoms with Crippen LogP contribution in [0.4, 0.5) is 0 Å². The summed E-state index contributed by atoms with van der Waals surface area (Å²) in [7, 11) is 0. The number of nitrogens with zero attached hydrogens (tertiary/aromatic N) is 2. The molecule has 60 valence electrons. The molecule has 1 aromatic heterocycles. The van der Waals surface area contributed by atoms with Gasteiger partial charge in [0.05, 0.1) is 0 Å². The number of rotatable bonds is 1. The molecule has 0 atom stereocenters. The molecule has 2 aromatic rings. The molecule has 1 aromatic carbocycles. The minimum atomic E-state index is 0.788. The molecular formula is C9H9N3. The first kappa shape index (κ1) is 6.91. The van der Waals surface area contributed by atoms with Gasteiger partial charge in [0.2, 0.25) is 0 Å². The summed E-state index contributed by atoms with van der Waals surface area (Å²) in [6.45, 7) is 0. The number of aromatic nitrogens is 2. The topological polar surface area (TPSA) is 43.8 Å². The van der Waals surface area contributed by atoms with Crippen LogP contribution in [0, 0.1) is 0 Å². The molecule has 3 nitrogen and oxygen atoms in total. The summed E-state index contributed by atoms with van der Waals surface area (Å²) in [6, 6.07) is 9.85. The fourth-order valence-electron chi connectivity index (χ4n) is 1.12. The van der Waals surface area contributed by atoms with E-state index in [1.54, 1.807) is 12.4 Å². The van der Waals surface area contributed by atoms with Crippen molar-refractivity contribution in [1.29, 1.82) is 0 Å². The lowest BCUT2D eigenvalue weighted by Crippen LogP contribution is -2.07. The highest BCUT2D eigenvalue weighted by molar-refractivity contribution is 5.54. The van der Waals surface area contributed by atoms with E-state index in [-0.39, 0.29) is 0 Å². The normalized spacial score (nSPS) is 10.0. The van der Waals surface area contributed by atoms with Crippen molar-refractivity contribution < 1.29 is 0 Å². The van der Waals surface area contributed by atoms with Crippen LogP contribution in [0.2, 0.25) is 0 Å². The van der Waals surface area contributed by atoms with Gasteiger partial charge in [-0.2, -0.15) is 0 Å². The maximum Gasteiger partial charge on any atom is 0.158 e. The van der Waals surface area contributed by atoms with Crippen molar-refractivity contribution in [2.75, 3.05) is 5.84 Å². The van der Waals surface area contributed by atoms with Crippen LogP contribution < -0.4 is 5.84 Å². The third kappa shape index (κ3) is 1.05. The first-order valence-corrected chi connectivity index (χ1v) is 3.72. The van der Waals surface area contributed by atoms with E-state index < -0.39 is 0 Å². The fourth-order valence-corrected chi connectivity index (χ4v) is 1.12. The number of imidazole rings is 1.